The zero-order chi connectivity index (χ0) is 17.0. The highest BCUT2D eigenvalue weighted by atomic mass is 16.5. The van der Waals surface area contributed by atoms with Crippen LogP contribution in [0.2, 0.25) is 0 Å². The van der Waals surface area contributed by atoms with Gasteiger partial charge in [-0.25, -0.2) is 0 Å². The van der Waals surface area contributed by atoms with Crippen LogP contribution in [0.5, 0.6) is 11.5 Å². The molecule has 124 valence electrons. The van der Waals surface area contributed by atoms with Gasteiger partial charge in [0.05, 0.1) is 14.2 Å². The molecule has 1 atom stereocenters. The van der Waals surface area contributed by atoms with Gasteiger partial charge in [0.15, 0.2) is 11.5 Å². The minimum Gasteiger partial charge on any atom is -0.493 e. The maximum atomic E-state index is 11.9. The summed E-state index contributed by atoms with van der Waals surface area (Å²) < 4.78 is 10.3. The summed E-state index contributed by atoms with van der Waals surface area (Å²) in [7, 11) is 4.52. The molecule has 8 nitrogen and oxygen atoms in total. The monoisotopic (exact) mass is 321 g/mol. The lowest BCUT2D eigenvalue weighted by molar-refractivity contribution is -0.135. The highest BCUT2D eigenvalue weighted by molar-refractivity contribution is 6.07. The van der Waals surface area contributed by atoms with E-state index in [-0.39, 0.29) is 18.9 Å². The van der Waals surface area contributed by atoms with Crippen LogP contribution in [0.25, 0.3) is 0 Å². The third-order valence-corrected chi connectivity index (χ3v) is 3.55. The molecule has 0 bridgehead atoms. The number of rotatable bonds is 6. The smallest absolute Gasteiger partial charge is 0.253 e. The average Bonchev–Trinajstić information content (AvgIpc) is 2.78. The van der Waals surface area contributed by atoms with Crippen molar-refractivity contribution < 1.29 is 23.9 Å². The van der Waals surface area contributed by atoms with Crippen LogP contribution in [-0.4, -0.2) is 44.0 Å². The number of hydrogen-bond acceptors (Lipinski definition) is 5. The van der Waals surface area contributed by atoms with Crippen LogP contribution in [0.1, 0.15) is 12.0 Å². The molecule has 1 aromatic rings. The van der Waals surface area contributed by atoms with Crippen LogP contribution >= 0.6 is 0 Å². The fraction of sp³-hybridized carbons (Fsp3) is 0.400. The van der Waals surface area contributed by atoms with Crippen molar-refractivity contribution in [1.29, 1.82) is 0 Å². The minimum atomic E-state index is -0.967. The second-order valence-electron chi connectivity index (χ2n) is 5.10. The summed E-state index contributed by atoms with van der Waals surface area (Å²) >= 11 is 0. The molecule has 1 unspecified atom stereocenters. The molecule has 1 fully saturated rings. The first-order valence-corrected chi connectivity index (χ1v) is 7.02. The molecule has 1 saturated heterocycles. The zero-order valence-electron chi connectivity index (χ0n) is 13.2. The van der Waals surface area contributed by atoms with E-state index in [1.54, 1.807) is 25.3 Å². The van der Waals surface area contributed by atoms with Crippen molar-refractivity contribution in [3.05, 3.63) is 23.8 Å². The van der Waals surface area contributed by atoms with Gasteiger partial charge in [-0.05, 0) is 17.7 Å². The third kappa shape index (κ3) is 3.71. The lowest BCUT2D eigenvalue weighted by Crippen LogP contribution is -2.31. The first kappa shape index (κ1) is 16.6. The summed E-state index contributed by atoms with van der Waals surface area (Å²) in [5.41, 5.74) is 3.17. The normalized spacial score (nSPS) is 17.0. The van der Waals surface area contributed by atoms with E-state index in [4.69, 9.17) is 9.47 Å². The summed E-state index contributed by atoms with van der Waals surface area (Å²) in [5.74, 6) is -1.05. The predicted molar refractivity (Wildman–Crippen MR) is 80.4 cm³/mol. The molecule has 1 heterocycles. The molecular weight excluding hydrogens is 302 g/mol. The Labute approximate surface area is 133 Å². The second kappa shape index (κ2) is 6.99. The molecule has 2 N–H and O–H groups in total. The van der Waals surface area contributed by atoms with Crippen molar-refractivity contribution in [3.8, 4) is 11.5 Å². The third-order valence-electron chi connectivity index (χ3n) is 3.55. The number of nitrogens with one attached hydrogen (secondary N) is 2. The number of methoxy groups -OCH3 is 2. The Morgan fingerprint density at radius 1 is 1.26 bits per heavy atom. The van der Waals surface area contributed by atoms with Crippen molar-refractivity contribution in [3.63, 3.8) is 0 Å². The van der Waals surface area contributed by atoms with E-state index in [1.165, 1.54) is 14.2 Å². The van der Waals surface area contributed by atoms with Gasteiger partial charge in [0, 0.05) is 20.0 Å². The summed E-state index contributed by atoms with van der Waals surface area (Å²) in [6.45, 7) is 0.261. The van der Waals surface area contributed by atoms with Crippen LogP contribution in [0.3, 0.4) is 0 Å². The molecule has 0 radical (unpaired) electrons. The molecular formula is C15H19N3O5. The summed E-state index contributed by atoms with van der Waals surface area (Å²) in [4.78, 5) is 35.2. The largest absolute Gasteiger partial charge is 0.493 e. The highest BCUT2D eigenvalue weighted by Crippen LogP contribution is 2.27. The lowest BCUT2D eigenvalue weighted by atomic mass is 10.0. The fourth-order valence-electron chi connectivity index (χ4n) is 2.27. The van der Waals surface area contributed by atoms with Gasteiger partial charge in [0.25, 0.3) is 11.8 Å². The van der Waals surface area contributed by atoms with Crippen molar-refractivity contribution in [2.75, 3.05) is 21.3 Å². The van der Waals surface area contributed by atoms with E-state index in [1.807, 2.05) is 0 Å². The maximum Gasteiger partial charge on any atom is 0.253 e. The standard InChI is InChI=1S/C15H19N3O5/c1-18-15(21)10(14(20)17-18)7-13(19)16-8-9-4-5-11(22-2)12(6-9)23-3/h4-6,10H,7-8H2,1-3H3,(H,16,19)(H,17,20). The summed E-state index contributed by atoms with van der Waals surface area (Å²) in [6.07, 6.45) is -0.178. The van der Waals surface area contributed by atoms with Crippen LogP contribution in [0.15, 0.2) is 18.2 Å². The number of ether oxygens (including phenoxy) is 2. The van der Waals surface area contributed by atoms with Gasteiger partial charge in [-0.3, -0.25) is 24.8 Å². The van der Waals surface area contributed by atoms with Crippen molar-refractivity contribution in [2.24, 2.45) is 5.92 Å². The van der Waals surface area contributed by atoms with Crippen LogP contribution in [0.4, 0.5) is 0 Å². The van der Waals surface area contributed by atoms with E-state index < -0.39 is 17.7 Å². The highest BCUT2D eigenvalue weighted by Gasteiger charge is 2.38. The molecule has 2 rings (SSSR count). The van der Waals surface area contributed by atoms with Crippen LogP contribution in [-0.2, 0) is 20.9 Å². The number of nitrogens with zero attached hydrogens (tertiary/aromatic N) is 1. The molecule has 3 amide bonds. The van der Waals surface area contributed by atoms with E-state index in [9.17, 15) is 14.4 Å². The fourth-order valence-corrected chi connectivity index (χ4v) is 2.27. The number of hydrogen-bond donors (Lipinski definition) is 2. The molecule has 23 heavy (non-hydrogen) atoms. The topological polar surface area (TPSA) is 97.0 Å². The van der Waals surface area contributed by atoms with Crippen LogP contribution in [0, 0.1) is 5.92 Å². The molecule has 1 aliphatic rings. The van der Waals surface area contributed by atoms with Gasteiger partial charge in [0.1, 0.15) is 5.92 Å². The van der Waals surface area contributed by atoms with E-state index in [0.717, 1.165) is 10.6 Å². The lowest BCUT2D eigenvalue weighted by Gasteiger charge is -2.11. The van der Waals surface area contributed by atoms with Gasteiger partial charge >= 0.3 is 0 Å². The van der Waals surface area contributed by atoms with E-state index in [0.29, 0.717) is 11.5 Å². The van der Waals surface area contributed by atoms with Gasteiger partial charge in [-0.2, -0.15) is 0 Å². The Balaban J connectivity index is 1.92. The average molecular weight is 321 g/mol. The van der Waals surface area contributed by atoms with Gasteiger partial charge < -0.3 is 14.8 Å². The van der Waals surface area contributed by atoms with Gasteiger partial charge in [-0.15, -0.1) is 0 Å². The van der Waals surface area contributed by atoms with E-state index >= 15 is 0 Å². The summed E-state index contributed by atoms with van der Waals surface area (Å²) in [6, 6.07) is 5.28. The number of hydrazine groups is 1. The Kier molecular flexibility index (Phi) is 5.05. The molecule has 0 aliphatic carbocycles. The first-order valence-electron chi connectivity index (χ1n) is 7.02. The Morgan fingerprint density at radius 2 is 1.96 bits per heavy atom. The molecule has 8 heteroatoms. The number of carbonyl (C=O) groups excluding carboxylic acids is 3. The van der Waals surface area contributed by atoms with Crippen molar-refractivity contribution >= 4 is 17.7 Å². The minimum absolute atomic E-state index is 0.178. The Hall–Kier alpha value is -2.77. The van der Waals surface area contributed by atoms with Gasteiger partial charge in [0.2, 0.25) is 5.91 Å². The van der Waals surface area contributed by atoms with E-state index in [2.05, 4.69) is 10.7 Å². The predicted octanol–water partition coefficient (Wildman–Crippen LogP) is -0.170. The van der Waals surface area contributed by atoms with Crippen molar-refractivity contribution in [2.45, 2.75) is 13.0 Å². The molecule has 0 spiro atoms. The quantitative estimate of drug-likeness (QED) is 0.709. The Morgan fingerprint density at radius 3 is 2.52 bits per heavy atom. The Bertz CT molecular complexity index is 632. The first-order chi connectivity index (χ1) is 11.0. The molecule has 0 saturated carbocycles. The maximum absolute atomic E-state index is 11.9. The van der Waals surface area contributed by atoms with Gasteiger partial charge in [-0.1, -0.05) is 6.07 Å². The summed E-state index contributed by atoms with van der Waals surface area (Å²) in [5, 5.41) is 3.78. The van der Waals surface area contributed by atoms with Crippen molar-refractivity contribution in [1.82, 2.24) is 15.8 Å². The number of amides is 3. The molecule has 1 aliphatic heterocycles. The molecule has 1 aromatic carbocycles. The number of benzene rings is 1. The number of carbonyl (C=O) groups is 3. The van der Waals surface area contributed by atoms with Crippen LogP contribution < -0.4 is 20.2 Å². The zero-order valence-corrected chi connectivity index (χ0v) is 13.2. The molecule has 0 aromatic heterocycles. The second-order valence-corrected chi connectivity index (χ2v) is 5.10. The SMILES string of the molecule is COc1ccc(CNC(=O)CC2C(=O)NN(C)C2=O)cc1OC.